The number of nitro groups is 1. The molecule has 0 atom stereocenters. The van der Waals surface area contributed by atoms with E-state index in [2.05, 4.69) is 0 Å². The van der Waals surface area contributed by atoms with Crippen molar-refractivity contribution in [2.75, 3.05) is 0 Å². The Balaban J connectivity index is 2.39. The molecule has 0 aromatic heterocycles. The Hall–Kier alpha value is -2.40. The summed E-state index contributed by atoms with van der Waals surface area (Å²) in [5, 5.41) is 10.8. The third kappa shape index (κ3) is 2.95. The first-order valence-electron chi connectivity index (χ1n) is 6.23. The molecule has 0 spiro atoms. The molecule has 0 radical (unpaired) electrons. The van der Waals surface area contributed by atoms with Crippen LogP contribution in [0.3, 0.4) is 0 Å². The lowest BCUT2D eigenvalue weighted by Crippen LogP contribution is -2.00. The molecule has 0 aliphatic carbocycles. The van der Waals surface area contributed by atoms with Crippen LogP contribution >= 0.6 is 0 Å². The Labute approximate surface area is 117 Å². The number of aryl methyl sites for hydroxylation is 2. The first-order chi connectivity index (χ1) is 9.51. The number of hydrogen-bond donors (Lipinski definition) is 1. The molecule has 0 heterocycles. The first kappa shape index (κ1) is 14.0. The molecule has 2 N–H and O–H groups in total. The second kappa shape index (κ2) is 5.71. The number of nitrogens with zero attached hydrogens (tertiary/aromatic N) is 1. The van der Waals surface area contributed by atoms with Gasteiger partial charge in [-0.2, -0.15) is 0 Å². The van der Waals surface area contributed by atoms with E-state index in [1.54, 1.807) is 6.07 Å². The van der Waals surface area contributed by atoms with Gasteiger partial charge in [-0.15, -0.1) is 0 Å². The van der Waals surface area contributed by atoms with Crippen molar-refractivity contribution in [3.63, 3.8) is 0 Å². The topological polar surface area (TPSA) is 78.4 Å². The molecular formula is C15H16N2O3. The number of hydrogen-bond acceptors (Lipinski definition) is 4. The van der Waals surface area contributed by atoms with Crippen molar-refractivity contribution in [2.24, 2.45) is 5.73 Å². The van der Waals surface area contributed by atoms with Gasteiger partial charge >= 0.3 is 0 Å². The van der Waals surface area contributed by atoms with E-state index >= 15 is 0 Å². The van der Waals surface area contributed by atoms with E-state index in [1.807, 2.05) is 32.0 Å². The summed E-state index contributed by atoms with van der Waals surface area (Å²) in [6.45, 7) is 4.17. The third-order valence-electron chi connectivity index (χ3n) is 3.04. The fourth-order valence-electron chi connectivity index (χ4n) is 1.90. The number of benzene rings is 2. The molecule has 104 valence electrons. The Morgan fingerprint density at radius 1 is 1.15 bits per heavy atom. The summed E-state index contributed by atoms with van der Waals surface area (Å²) < 4.78 is 5.79. The molecule has 0 fully saturated rings. The van der Waals surface area contributed by atoms with Crippen LogP contribution < -0.4 is 10.5 Å². The van der Waals surface area contributed by atoms with Crippen molar-refractivity contribution in [1.29, 1.82) is 0 Å². The summed E-state index contributed by atoms with van der Waals surface area (Å²) in [4.78, 5) is 10.4. The van der Waals surface area contributed by atoms with Crippen molar-refractivity contribution < 1.29 is 9.66 Å². The van der Waals surface area contributed by atoms with E-state index in [4.69, 9.17) is 10.5 Å². The molecule has 2 rings (SSSR count). The van der Waals surface area contributed by atoms with E-state index in [1.165, 1.54) is 12.1 Å². The van der Waals surface area contributed by atoms with E-state index < -0.39 is 4.92 Å². The van der Waals surface area contributed by atoms with Gasteiger partial charge in [0.05, 0.1) is 11.0 Å². The number of ether oxygens (including phenoxy) is 1. The minimum Gasteiger partial charge on any atom is -0.456 e. The quantitative estimate of drug-likeness (QED) is 0.682. The van der Waals surface area contributed by atoms with Crippen molar-refractivity contribution in [3.05, 3.63) is 63.2 Å². The van der Waals surface area contributed by atoms with E-state index in [-0.39, 0.29) is 5.69 Å². The molecule has 0 amide bonds. The largest absolute Gasteiger partial charge is 0.456 e. The Bertz CT molecular complexity index is 654. The van der Waals surface area contributed by atoms with Crippen molar-refractivity contribution >= 4 is 5.69 Å². The summed E-state index contributed by atoms with van der Waals surface area (Å²) in [7, 11) is 0. The van der Waals surface area contributed by atoms with Crippen molar-refractivity contribution in [3.8, 4) is 11.5 Å². The fourth-order valence-corrected chi connectivity index (χ4v) is 1.90. The van der Waals surface area contributed by atoms with E-state index in [0.29, 0.717) is 18.0 Å². The zero-order valence-electron chi connectivity index (χ0n) is 11.4. The zero-order valence-corrected chi connectivity index (χ0v) is 11.4. The third-order valence-corrected chi connectivity index (χ3v) is 3.04. The van der Waals surface area contributed by atoms with Crippen LogP contribution in [0.15, 0.2) is 36.4 Å². The molecule has 0 aliphatic rings. The van der Waals surface area contributed by atoms with Crippen LogP contribution in [0.5, 0.6) is 11.5 Å². The maximum atomic E-state index is 10.8. The maximum absolute atomic E-state index is 10.8. The normalized spacial score (nSPS) is 10.3. The second-order valence-corrected chi connectivity index (χ2v) is 4.62. The molecule has 0 bridgehead atoms. The number of non-ortho nitro benzene ring substituents is 1. The maximum Gasteiger partial charge on any atom is 0.273 e. The molecule has 5 nitrogen and oxygen atoms in total. The number of nitrogens with two attached hydrogens (primary N) is 1. The molecule has 0 saturated heterocycles. The SMILES string of the molecule is Cc1ccc(Oc2cc([N+](=O)[O-])ccc2C)c(CN)c1. The molecular weight excluding hydrogens is 256 g/mol. The lowest BCUT2D eigenvalue weighted by molar-refractivity contribution is -0.384. The second-order valence-electron chi connectivity index (χ2n) is 4.62. The molecule has 20 heavy (non-hydrogen) atoms. The van der Waals surface area contributed by atoms with Crippen LogP contribution in [0, 0.1) is 24.0 Å². The van der Waals surface area contributed by atoms with Crippen molar-refractivity contribution in [1.82, 2.24) is 0 Å². The Morgan fingerprint density at radius 3 is 2.55 bits per heavy atom. The summed E-state index contributed by atoms with van der Waals surface area (Å²) in [6, 6.07) is 10.2. The lowest BCUT2D eigenvalue weighted by atomic mass is 10.1. The predicted octanol–water partition coefficient (Wildman–Crippen LogP) is 3.46. The lowest BCUT2D eigenvalue weighted by Gasteiger charge is -2.12. The Kier molecular flexibility index (Phi) is 4.00. The van der Waals surface area contributed by atoms with Gasteiger partial charge in [-0.1, -0.05) is 17.7 Å². The fraction of sp³-hybridized carbons (Fsp3) is 0.200. The highest BCUT2D eigenvalue weighted by Crippen LogP contribution is 2.31. The van der Waals surface area contributed by atoms with Crippen LogP contribution in [-0.2, 0) is 6.54 Å². The van der Waals surface area contributed by atoms with E-state index in [9.17, 15) is 10.1 Å². The summed E-state index contributed by atoms with van der Waals surface area (Å²) in [5.41, 5.74) is 8.50. The molecule has 0 aliphatic heterocycles. The Morgan fingerprint density at radius 2 is 1.90 bits per heavy atom. The van der Waals surface area contributed by atoms with Gasteiger partial charge in [-0.3, -0.25) is 10.1 Å². The van der Waals surface area contributed by atoms with Crippen LogP contribution in [0.2, 0.25) is 0 Å². The average molecular weight is 272 g/mol. The highest BCUT2D eigenvalue weighted by atomic mass is 16.6. The predicted molar refractivity (Wildman–Crippen MR) is 77.0 cm³/mol. The number of rotatable bonds is 4. The average Bonchev–Trinajstić information content (AvgIpc) is 2.42. The molecule has 0 unspecified atom stereocenters. The van der Waals surface area contributed by atoms with Gasteiger partial charge in [-0.05, 0) is 31.5 Å². The standard InChI is InChI=1S/C15H16N2O3/c1-10-3-6-14(12(7-10)9-16)20-15-8-13(17(18)19)5-4-11(15)2/h3-8H,9,16H2,1-2H3. The van der Waals surface area contributed by atoms with Gasteiger partial charge in [-0.25, -0.2) is 0 Å². The minimum absolute atomic E-state index is 0.00649. The van der Waals surface area contributed by atoms with Gasteiger partial charge in [0, 0.05) is 18.2 Å². The van der Waals surface area contributed by atoms with Gasteiger partial charge in [0.2, 0.25) is 0 Å². The van der Waals surface area contributed by atoms with Crippen molar-refractivity contribution in [2.45, 2.75) is 20.4 Å². The van der Waals surface area contributed by atoms with Crippen LogP contribution in [0.25, 0.3) is 0 Å². The highest BCUT2D eigenvalue weighted by Gasteiger charge is 2.12. The summed E-state index contributed by atoms with van der Waals surface area (Å²) in [5.74, 6) is 1.10. The monoisotopic (exact) mass is 272 g/mol. The molecule has 2 aromatic rings. The smallest absolute Gasteiger partial charge is 0.273 e. The van der Waals surface area contributed by atoms with E-state index in [0.717, 1.165) is 16.7 Å². The molecule has 5 heteroatoms. The molecule has 2 aromatic carbocycles. The van der Waals surface area contributed by atoms with Gasteiger partial charge in [0.25, 0.3) is 5.69 Å². The summed E-state index contributed by atoms with van der Waals surface area (Å²) >= 11 is 0. The number of nitro benzene ring substituents is 1. The minimum atomic E-state index is -0.439. The van der Waals surface area contributed by atoms with Gasteiger partial charge in [0.15, 0.2) is 0 Å². The van der Waals surface area contributed by atoms with Crippen LogP contribution in [0.4, 0.5) is 5.69 Å². The molecule has 0 saturated carbocycles. The van der Waals surface area contributed by atoms with Gasteiger partial charge in [0.1, 0.15) is 11.5 Å². The zero-order chi connectivity index (χ0) is 14.7. The first-order valence-corrected chi connectivity index (χ1v) is 6.23. The summed E-state index contributed by atoms with van der Waals surface area (Å²) in [6.07, 6.45) is 0. The van der Waals surface area contributed by atoms with Crippen LogP contribution in [-0.4, -0.2) is 4.92 Å². The van der Waals surface area contributed by atoms with Crippen LogP contribution in [0.1, 0.15) is 16.7 Å². The van der Waals surface area contributed by atoms with Gasteiger partial charge < -0.3 is 10.5 Å². The highest BCUT2D eigenvalue weighted by molar-refractivity contribution is 5.47.